The quantitative estimate of drug-likeness (QED) is 0.853. The van der Waals surface area contributed by atoms with Gasteiger partial charge in [0.2, 0.25) is 17.7 Å². The van der Waals surface area contributed by atoms with E-state index in [9.17, 15) is 4.79 Å². The molecular formula is C18H27N3O2. The molecule has 2 bridgehead atoms. The number of nitrogens with zero attached hydrogens (tertiary/aromatic N) is 3. The summed E-state index contributed by atoms with van der Waals surface area (Å²) >= 11 is 0. The Morgan fingerprint density at radius 3 is 2.78 bits per heavy atom. The third kappa shape index (κ3) is 3.29. The van der Waals surface area contributed by atoms with Crippen LogP contribution < -0.4 is 0 Å². The van der Waals surface area contributed by atoms with Crippen LogP contribution >= 0.6 is 0 Å². The molecule has 2 atom stereocenters. The van der Waals surface area contributed by atoms with Crippen LogP contribution in [0.4, 0.5) is 0 Å². The summed E-state index contributed by atoms with van der Waals surface area (Å²) < 4.78 is 5.83. The van der Waals surface area contributed by atoms with Crippen LogP contribution in [0.1, 0.15) is 81.9 Å². The number of carbonyl (C=O) groups excluding carboxylic acids is 1. The van der Waals surface area contributed by atoms with Gasteiger partial charge in [0.1, 0.15) is 0 Å². The first-order valence-electron chi connectivity index (χ1n) is 9.41. The van der Waals surface area contributed by atoms with Crippen molar-refractivity contribution in [2.45, 2.75) is 82.6 Å². The van der Waals surface area contributed by atoms with Gasteiger partial charge < -0.3 is 9.32 Å². The van der Waals surface area contributed by atoms with Gasteiger partial charge in [-0.1, -0.05) is 25.7 Å². The zero-order valence-corrected chi connectivity index (χ0v) is 13.9. The lowest BCUT2D eigenvalue weighted by atomic mass is 9.89. The molecule has 1 aliphatic heterocycles. The van der Waals surface area contributed by atoms with Crippen molar-refractivity contribution in [3.05, 3.63) is 11.8 Å². The molecule has 4 rings (SSSR count). The highest BCUT2D eigenvalue weighted by molar-refractivity contribution is 5.77. The molecule has 2 heterocycles. The van der Waals surface area contributed by atoms with Gasteiger partial charge in [0.25, 0.3) is 0 Å². The number of carbonyl (C=O) groups is 1. The predicted octanol–water partition coefficient (Wildman–Crippen LogP) is 3.45. The Morgan fingerprint density at radius 1 is 1.09 bits per heavy atom. The van der Waals surface area contributed by atoms with Crippen LogP contribution in [0.3, 0.4) is 0 Å². The van der Waals surface area contributed by atoms with Crippen molar-refractivity contribution >= 4 is 5.91 Å². The number of aromatic nitrogens is 2. The molecule has 1 amide bonds. The molecule has 3 aliphatic rings. The smallest absolute Gasteiger partial charge is 0.223 e. The Kier molecular flexibility index (Phi) is 4.36. The SMILES string of the molecule is O=C(CCc1nnc(C2CCCCC2)o1)N1C[C@@H]2CCC[C@H]1C2. The van der Waals surface area contributed by atoms with Crippen LogP contribution in [-0.2, 0) is 11.2 Å². The maximum Gasteiger partial charge on any atom is 0.223 e. The van der Waals surface area contributed by atoms with E-state index in [0.29, 0.717) is 30.7 Å². The summed E-state index contributed by atoms with van der Waals surface area (Å²) in [5.74, 6) is 2.90. The average Bonchev–Trinajstić information content (AvgIpc) is 3.18. The molecule has 1 aromatic rings. The van der Waals surface area contributed by atoms with Crippen molar-refractivity contribution in [2.24, 2.45) is 5.92 Å². The van der Waals surface area contributed by atoms with E-state index in [4.69, 9.17) is 4.42 Å². The van der Waals surface area contributed by atoms with Crippen molar-refractivity contribution in [1.82, 2.24) is 15.1 Å². The fourth-order valence-corrected chi connectivity index (χ4v) is 4.68. The highest BCUT2D eigenvalue weighted by Crippen LogP contribution is 2.36. The second-order valence-corrected chi connectivity index (χ2v) is 7.60. The molecule has 5 nitrogen and oxygen atoms in total. The first kappa shape index (κ1) is 15.2. The minimum atomic E-state index is 0.275. The molecule has 1 aromatic heterocycles. The molecule has 1 saturated heterocycles. The molecule has 0 unspecified atom stereocenters. The Hall–Kier alpha value is -1.39. The summed E-state index contributed by atoms with van der Waals surface area (Å²) in [5.41, 5.74) is 0. The number of likely N-dealkylation sites (tertiary alicyclic amines) is 1. The van der Waals surface area contributed by atoms with Crippen LogP contribution in [0.25, 0.3) is 0 Å². The van der Waals surface area contributed by atoms with Crippen LogP contribution in [0, 0.1) is 5.92 Å². The van der Waals surface area contributed by atoms with Gasteiger partial charge in [-0.2, -0.15) is 0 Å². The monoisotopic (exact) mass is 317 g/mol. The zero-order valence-electron chi connectivity index (χ0n) is 13.9. The van der Waals surface area contributed by atoms with Gasteiger partial charge in [0.05, 0.1) is 0 Å². The molecule has 3 fully saturated rings. The summed E-state index contributed by atoms with van der Waals surface area (Å²) in [6.07, 6.45) is 12.3. The van der Waals surface area contributed by atoms with Gasteiger partial charge >= 0.3 is 0 Å². The van der Waals surface area contributed by atoms with Gasteiger partial charge in [0, 0.05) is 31.3 Å². The Morgan fingerprint density at radius 2 is 1.96 bits per heavy atom. The van der Waals surface area contributed by atoms with Crippen molar-refractivity contribution in [3.8, 4) is 0 Å². The predicted molar refractivity (Wildman–Crippen MR) is 85.9 cm³/mol. The third-order valence-electron chi connectivity index (χ3n) is 5.96. The first-order valence-corrected chi connectivity index (χ1v) is 9.41. The average molecular weight is 317 g/mol. The first-order chi connectivity index (χ1) is 11.3. The summed E-state index contributed by atoms with van der Waals surface area (Å²) in [7, 11) is 0. The van der Waals surface area contributed by atoms with Crippen LogP contribution in [-0.4, -0.2) is 33.6 Å². The largest absolute Gasteiger partial charge is 0.425 e. The fraction of sp³-hybridized carbons (Fsp3) is 0.833. The van der Waals surface area contributed by atoms with E-state index in [-0.39, 0.29) is 5.91 Å². The topological polar surface area (TPSA) is 59.2 Å². The van der Waals surface area contributed by atoms with E-state index in [1.54, 1.807) is 0 Å². The van der Waals surface area contributed by atoms with E-state index < -0.39 is 0 Å². The lowest BCUT2D eigenvalue weighted by Crippen LogP contribution is -2.35. The number of rotatable bonds is 4. The van der Waals surface area contributed by atoms with E-state index >= 15 is 0 Å². The van der Waals surface area contributed by atoms with E-state index in [0.717, 1.165) is 31.2 Å². The third-order valence-corrected chi connectivity index (χ3v) is 5.96. The van der Waals surface area contributed by atoms with E-state index in [1.807, 2.05) is 0 Å². The maximum absolute atomic E-state index is 12.5. The molecule has 126 valence electrons. The maximum atomic E-state index is 12.5. The molecule has 0 aromatic carbocycles. The van der Waals surface area contributed by atoms with Crippen LogP contribution in [0.5, 0.6) is 0 Å². The highest BCUT2D eigenvalue weighted by atomic mass is 16.4. The number of hydrogen-bond acceptors (Lipinski definition) is 4. The van der Waals surface area contributed by atoms with Gasteiger partial charge in [-0.05, 0) is 38.0 Å². The van der Waals surface area contributed by atoms with Crippen molar-refractivity contribution < 1.29 is 9.21 Å². The minimum Gasteiger partial charge on any atom is -0.425 e. The molecule has 2 aliphatic carbocycles. The molecule has 5 heteroatoms. The van der Waals surface area contributed by atoms with Gasteiger partial charge in [-0.25, -0.2) is 0 Å². The van der Waals surface area contributed by atoms with Gasteiger partial charge in [0.15, 0.2) is 0 Å². The number of amides is 1. The minimum absolute atomic E-state index is 0.275. The van der Waals surface area contributed by atoms with Crippen molar-refractivity contribution in [1.29, 1.82) is 0 Å². The normalized spacial score (nSPS) is 28.3. The Labute approximate surface area is 137 Å². The highest BCUT2D eigenvalue weighted by Gasteiger charge is 2.37. The molecule has 23 heavy (non-hydrogen) atoms. The van der Waals surface area contributed by atoms with Gasteiger partial charge in [-0.3, -0.25) is 4.79 Å². The lowest BCUT2D eigenvalue weighted by molar-refractivity contribution is -0.132. The summed E-state index contributed by atoms with van der Waals surface area (Å²) in [6.45, 7) is 0.973. The summed E-state index contributed by atoms with van der Waals surface area (Å²) in [4.78, 5) is 14.6. The Balaban J connectivity index is 1.30. The fourth-order valence-electron chi connectivity index (χ4n) is 4.68. The van der Waals surface area contributed by atoms with Crippen LogP contribution in [0.2, 0.25) is 0 Å². The van der Waals surface area contributed by atoms with E-state index in [2.05, 4.69) is 15.1 Å². The zero-order chi connectivity index (χ0) is 15.6. The second kappa shape index (κ2) is 6.62. The van der Waals surface area contributed by atoms with Gasteiger partial charge in [-0.15, -0.1) is 10.2 Å². The number of aryl methyl sites for hydroxylation is 1. The second-order valence-electron chi connectivity index (χ2n) is 7.60. The molecule has 2 saturated carbocycles. The summed E-state index contributed by atoms with van der Waals surface area (Å²) in [5, 5.41) is 8.40. The Bertz CT molecular complexity index is 550. The molecule has 0 N–H and O–H groups in total. The van der Waals surface area contributed by atoms with Crippen LogP contribution in [0.15, 0.2) is 4.42 Å². The molecule has 0 radical (unpaired) electrons. The molecule has 0 spiro atoms. The molecular weight excluding hydrogens is 290 g/mol. The lowest BCUT2D eigenvalue weighted by Gasteiger charge is -2.24. The number of fused-ring (bicyclic) bond motifs is 2. The summed E-state index contributed by atoms with van der Waals surface area (Å²) in [6, 6.07) is 0.502. The van der Waals surface area contributed by atoms with Crippen molar-refractivity contribution in [3.63, 3.8) is 0 Å². The van der Waals surface area contributed by atoms with E-state index in [1.165, 1.54) is 44.9 Å². The number of hydrogen-bond donors (Lipinski definition) is 0. The standard InChI is InChI=1S/C18H27N3O2/c22-17(21-12-13-5-4-8-15(21)11-13)10-9-16-19-20-18(23-16)14-6-2-1-3-7-14/h13-15H,1-12H2/t13-,15+/m1/s1. The van der Waals surface area contributed by atoms with Crippen molar-refractivity contribution in [2.75, 3.05) is 6.54 Å².